The lowest BCUT2D eigenvalue weighted by Crippen LogP contribution is -2.66. The molecule has 1 spiro atoms. The lowest BCUT2D eigenvalue weighted by Gasteiger charge is -2.49. The molecule has 8 atom stereocenters. The van der Waals surface area contributed by atoms with Gasteiger partial charge in [-0.1, -0.05) is 45.4 Å². The predicted molar refractivity (Wildman–Crippen MR) is 140 cm³/mol. The van der Waals surface area contributed by atoms with E-state index in [1.54, 1.807) is 39.8 Å². The largest absolute Gasteiger partial charge is 0.458 e. The first-order valence-corrected chi connectivity index (χ1v) is 13.6. The molecule has 210 valence electrons. The van der Waals surface area contributed by atoms with Gasteiger partial charge in [-0.3, -0.25) is 9.59 Å². The molecule has 2 fully saturated rings. The Kier molecular flexibility index (Phi) is 6.90. The van der Waals surface area contributed by atoms with Gasteiger partial charge in [0.05, 0.1) is 12.0 Å². The van der Waals surface area contributed by atoms with Crippen LogP contribution in [0.1, 0.15) is 74.7 Å². The van der Waals surface area contributed by atoms with Gasteiger partial charge in [-0.25, -0.2) is 4.79 Å². The average Bonchev–Trinajstić information content (AvgIpc) is 3.23. The summed E-state index contributed by atoms with van der Waals surface area (Å²) in [6, 6.07) is 0. The molecule has 4 aliphatic carbocycles. The highest BCUT2D eigenvalue weighted by Gasteiger charge is 2.83. The molecular weight excluding hydrogens is 488 g/mol. The molecule has 8 nitrogen and oxygen atoms in total. The predicted octanol–water partition coefficient (Wildman–Crippen LogP) is 3.19. The quantitative estimate of drug-likeness (QED) is 0.271. The first-order chi connectivity index (χ1) is 17.6. The van der Waals surface area contributed by atoms with Crippen molar-refractivity contribution in [3.63, 3.8) is 0 Å². The highest BCUT2D eigenvalue weighted by atomic mass is 16.6. The summed E-state index contributed by atoms with van der Waals surface area (Å²) in [6.07, 6.45) is 1.39. The van der Waals surface area contributed by atoms with E-state index >= 15 is 0 Å². The molecule has 0 radical (unpaired) electrons. The van der Waals surface area contributed by atoms with Crippen LogP contribution in [-0.4, -0.2) is 63.1 Å². The minimum absolute atomic E-state index is 0.0846. The molecule has 0 aromatic rings. The molecule has 3 N–H and O–H groups in total. The van der Waals surface area contributed by atoms with Crippen molar-refractivity contribution in [2.75, 3.05) is 6.61 Å². The monoisotopic (exact) mass is 530 g/mol. The van der Waals surface area contributed by atoms with Crippen LogP contribution in [0.4, 0.5) is 0 Å². The summed E-state index contributed by atoms with van der Waals surface area (Å²) < 4.78 is 12.0. The Morgan fingerprint density at radius 3 is 2.37 bits per heavy atom. The molecule has 0 aromatic heterocycles. The second-order valence-electron chi connectivity index (χ2n) is 12.6. The Labute approximate surface area is 224 Å². The second kappa shape index (κ2) is 9.14. The van der Waals surface area contributed by atoms with Gasteiger partial charge in [0.2, 0.25) is 0 Å². The molecule has 0 aliphatic heterocycles. The van der Waals surface area contributed by atoms with Crippen LogP contribution in [0.2, 0.25) is 0 Å². The molecule has 38 heavy (non-hydrogen) atoms. The second-order valence-corrected chi connectivity index (χ2v) is 12.6. The van der Waals surface area contributed by atoms with Crippen molar-refractivity contribution in [1.29, 1.82) is 0 Å². The number of ether oxygens (including phenoxy) is 2. The molecule has 4 unspecified atom stereocenters. The molecule has 4 rings (SSSR count). The number of carbonyl (C=O) groups is 3. The lowest BCUT2D eigenvalue weighted by molar-refractivity contribution is -0.203. The normalized spacial score (nSPS) is 40.5. The number of ketones is 1. The maximum absolute atomic E-state index is 14.6. The minimum atomic E-state index is -2.26. The molecular formula is C30H42O8. The number of allylic oxidation sites excluding steroid dienone is 2. The fourth-order valence-electron chi connectivity index (χ4n) is 7.75. The van der Waals surface area contributed by atoms with Crippen molar-refractivity contribution in [2.24, 2.45) is 28.6 Å². The summed E-state index contributed by atoms with van der Waals surface area (Å²) in [5, 5.41) is 34.5. The van der Waals surface area contributed by atoms with Crippen LogP contribution in [0.25, 0.3) is 0 Å². The first-order valence-electron chi connectivity index (χ1n) is 13.6. The number of aliphatic hydroxyl groups is 3. The summed E-state index contributed by atoms with van der Waals surface area (Å²) in [5.41, 5.74) is -3.74. The maximum atomic E-state index is 14.6. The first kappa shape index (κ1) is 28.7. The van der Waals surface area contributed by atoms with Crippen LogP contribution >= 0.6 is 0 Å². The molecule has 8 heteroatoms. The number of aliphatic hydroxyl groups excluding tert-OH is 2. The van der Waals surface area contributed by atoms with Crippen molar-refractivity contribution in [2.45, 2.75) is 98.1 Å². The molecule has 0 saturated heterocycles. The third-order valence-electron chi connectivity index (χ3n) is 10.1. The maximum Gasteiger partial charge on any atom is 0.334 e. The Hall–Kier alpha value is -2.29. The van der Waals surface area contributed by atoms with E-state index in [4.69, 9.17) is 9.47 Å². The van der Waals surface area contributed by atoms with Gasteiger partial charge in [0.25, 0.3) is 0 Å². The van der Waals surface area contributed by atoms with Crippen molar-refractivity contribution in [1.82, 2.24) is 0 Å². The minimum Gasteiger partial charge on any atom is -0.458 e. The zero-order valence-corrected chi connectivity index (χ0v) is 23.8. The van der Waals surface area contributed by atoms with Crippen LogP contribution in [0.3, 0.4) is 0 Å². The number of Topliss-reactive ketones (excluding diaryl/α,β-unsaturated/α-hetero) is 1. The SMILES string of the molecule is CCCC(=O)O[C@@]12CC(C)C34C=C(C)[C@H](OC(=O)C(C)=C(C)C)[C@@]3(O)C(O)C(CO)=CC(C4=O)[C@@H]1C2(C)C. The third kappa shape index (κ3) is 3.49. The molecule has 4 aliphatic rings. The highest BCUT2D eigenvalue weighted by molar-refractivity contribution is 5.96. The van der Waals surface area contributed by atoms with Crippen LogP contribution in [0.5, 0.6) is 0 Å². The number of rotatable bonds is 6. The number of hydrogen-bond donors (Lipinski definition) is 3. The average molecular weight is 531 g/mol. The number of fused-ring (bicyclic) bond motifs is 3. The molecule has 0 aromatic carbocycles. The van der Waals surface area contributed by atoms with E-state index in [0.29, 0.717) is 17.6 Å². The lowest BCUT2D eigenvalue weighted by atomic mass is 9.59. The fourth-order valence-corrected chi connectivity index (χ4v) is 7.75. The van der Waals surface area contributed by atoms with Gasteiger partial charge in [-0.2, -0.15) is 0 Å². The molecule has 2 saturated carbocycles. The zero-order valence-electron chi connectivity index (χ0n) is 23.8. The Balaban J connectivity index is 1.91. The van der Waals surface area contributed by atoms with Gasteiger partial charge in [0.15, 0.2) is 17.5 Å². The van der Waals surface area contributed by atoms with Gasteiger partial charge >= 0.3 is 11.9 Å². The summed E-state index contributed by atoms with van der Waals surface area (Å²) in [5.74, 6) is -3.13. The van der Waals surface area contributed by atoms with Gasteiger partial charge in [0.1, 0.15) is 11.7 Å². The Morgan fingerprint density at radius 2 is 1.82 bits per heavy atom. The Bertz CT molecular complexity index is 1160. The van der Waals surface area contributed by atoms with Gasteiger partial charge in [0, 0.05) is 29.2 Å². The molecule has 0 heterocycles. The van der Waals surface area contributed by atoms with Gasteiger partial charge < -0.3 is 24.8 Å². The van der Waals surface area contributed by atoms with Crippen LogP contribution in [-0.2, 0) is 23.9 Å². The van der Waals surface area contributed by atoms with Crippen LogP contribution in [0.15, 0.2) is 34.4 Å². The van der Waals surface area contributed by atoms with E-state index in [9.17, 15) is 29.7 Å². The standard InChI is InChI=1S/C30H42O8/c1-9-10-21(32)38-29-13-17(5)28-12-16(4)25(37-26(35)18(6)15(2)3)30(28,36)23(33)19(14-31)11-20(24(28)34)22(29)27(29,7)8/h11-12,17,20,22-23,25,31,33,36H,9-10,13-14H2,1-8H3/t17?,20?,22-,23?,25+,28?,29+,30+/m1/s1. The summed E-state index contributed by atoms with van der Waals surface area (Å²) in [4.78, 5) is 40.4. The van der Waals surface area contributed by atoms with E-state index in [0.717, 1.165) is 5.57 Å². The fraction of sp³-hybridized carbons (Fsp3) is 0.700. The van der Waals surface area contributed by atoms with Crippen molar-refractivity contribution in [3.05, 3.63) is 34.4 Å². The van der Waals surface area contributed by atoms with Gasteiger partial charge in [-0.05, 0) is 57.6 Å². The van der Waals surface area contributed by atoms with E-state index in [1.165, 1.54) is 0 Å². The molecule has 2 bridgehead atoms. The summed E-state index contributed by atoms with van der Waals surface area (Å²) in [6.45, 7) is 13.9. The van der Waals surface area contributed by atoms with Crippen LogP contribution in [0, 0.1) is 28.6 Å². The summed E-state index contributed by atoms with van der Waals surface area (Å²) >= 11 is 0. The topological polar surface area (TPSA) is 130 Å². The smallest absolute Gasteiger partial charge is 0.334 e. The number of carbonyl (C=O) groups excluding carboxylic acids is 3. The number of hydrogen-bond acceptors (Lipinski definition) is 8. The van der Waals surface area contributed by atoms with E-state index < -0.39 is 64.6 Å². The van der Waals surface area contributed by atoms with Crippen molar-refractivity contribution < 1.29 is 39.2 Å². The van der Waals surface area contributed by atoms with E-state index in [-0.39, 0.29) is 30.2 Å². The van der Waals surface area contributed by atoms with Crippen molar-refractivity contribution in [3.8, 4) is 0 Å². The van der Waals surface area contributed by atoms with Crippen LogP contribution < -0.4 is 0 Å². The van der Waals surface area contributed by atoms with E-state index in [1.807, 2.05) is 27.7 Å². The molecule has 0 amide bonds. The zero-order chi connectivity index (χ0) is 28.6. The third-order valence-corrected chi connectivity index (χ3v) is 10.1. The summed E-state index contributed by atoms with van der Waals surface area (Å²) in [7, 11) is 0. The number of esters is 2. The van der Waals surface area contributed by atoms with Crippen molar-refractivity contribution >= 4 is 17.7 Å². The highest BCUT2D eigenvalue weighted by Crippen LogP contribution is 2.75. The van der Waals surface area contributed by atoms with Gasteiger partial charge in [-0.15, -0.1) is 0 Å². The van der Waals surface area contributed by atoms with E-state index in [2.05, 4.69) is 0 Å². The Morgan fingerprint density at radius 1 is 1.18 bits per heavy atom.